The molecule has 0 aliphatic heterocycles. The fourth-order valence-corrected chi connectivity index (χ4v) is 5.10. The average molecular weight is 435 g/mol. The van der Waals surface area contributed by atoms with Crippen LogP contribution in [0.3, 0.4) is 0 Å². The molecule has 9 heteroatoms. The minimum absolute atomic E-state index is 0.0470. The van der Waals surface area contributed by atoms with Gasteiger partial charge in [0, 0.05) is 0 Å². The number of sulfonamides is 1. The van der Waals surface area contributed by atoms with E-state index in [9.17, 15) is 13.2 Å². The van der Waals surface area contributed by atoms with Gasteiger partial charge in [0.1, 0.15) is 12.3 Å². The predicted octanol–water partition coefficient (Wildman–Crippen LogP) is 3.18. The Labute approximate surface area is 173 Å². The first-order valence-electron chi connectivity index (χ1n) is 8.96. The van der Waals surface area contributed by atoms with Gasteiger partial charge in [0.15, 0.2) is 0 Å². The zero-order valence-electron chi connectivity index (χ0n) is 16.6. The lowest BCUT2D eigenvalue weighted by atomic mass is 10.1. The summed E-state index contributed by atoms with van der Waals surface area (Å²) in [5, 5.41) is 0. The number of carbonyl (C=O) groups excluding carboxylic acids is 1. The van der Waals surface area contributed by atoms with Crippen LogP contribution < -0.4 is 9.54 Å². The van der Waals surface area contributed by atoms with Crippen molar-refractivity contribution in [2.24, 2.45) is 4.40 Å². The van der Waals surface area contributed by atoms with Crippen LogP contribution in [0.2, 0.25) is 0 Å². The summed E-state index contributed by atoms with van der Waals surface area (Å²) in [4.78, 5) is 12.4. The van der Waals surface area contributed by atoms with Gasteiger partial charge in [-0.1, -0.05) is 11.3 Å². The van der Waals surface area contributed by atoms with Crippen LogP contribution in [0.1, 0.15) is 18.1 Å². The van der Waals surface area contributed by atoms with Gasteiger partial charge < -0.3 is 14.0 Å². The summed E-state index contributed by atoms with van der Waals surface area (Å²) < 4.78 is 42.3. The number of hydrogen-bond acceptors (Lipinski definition) is 6. The average Bonchev–Trinajstić information content (AvgIpc) is 2.98. The molecule has 0 unspecified atom stereocenters. The summed E-state index contributed by atoms with van der Waals surface area (Å²) >= 11 is 1.22. The minimum Gasteiger partial charge on any atom is -0.497 e. The Morgan fingerprint density at radius 3 is 2.41 bits per heavy atom. The molecule has 3 rings (SSSR count). The highest BCUT2D eigenvalue weighted by atomic mass is 32.2. The summed E-state index contributed by atoms with van der Waals surface area (Å²) in [5.74, 6) is 0.0999. The van der Waals surface area contributed by atoms with E-state index in [-0.39, 0.29) is 22.8 Å². The number of benzene rings is 2. The summed E-state index contributed by atoms with van der Waals surface area (Å²) in [6, 6.07) is 9.90. The summed E-state index contributed by atoms with van der Waals surface area (Å²) in [6.45, 7) is 5.80. The third-order valence-electron chi connectivity index (χ3n) is 4.45. The molecule has 7 nitrogen and oxygen atoms in total. The van der Waals surface area contributed by atoms with E-state index < -0.39 is 16.0 Å². The number of rotatable bonds is 6. The van der Waals surface area contributed by atoms with E-state index in [0.29, 0.717) is 5.75 Å². The second-order valence-electron chi connectivity index (χ2n) is 6.42. The number of aryl methyl sites for hydroxylation is 2. The van der Waals surface area contributed by atoms with Crippen LogP contribution in [0, 0.1) is 13.8 Å². The van der Waals surface area contributed by atoms with Crippen LogP contribution in [-0.4, -0.2) is 32.7 Å². The molecule has 0 aliphatic carbocycles. The van der Waals surface area contributed by atoms with Gasteiger partial charge in [-0.25, -0.2) is 0 Å². The zero-order valence-corrected chi connectivity index (χ0v) is 18.3. The largest absolute Gasteiger partial charge is 0.497 e. The molecule has 3 aromatic rings. The normalized spacial score (nSPS) is 12.3. The number of fused-ring (bicyclic) bond motifs is 1. The number of methoxy groups -OCH3 is 1. The lowest BCUT2D eigenvalue weighted by Gasteiger charge is -2.07. The first kappa shape index (κ1) is 21.1. The third kappa shape index (κ3) is 4.51. The Hall–Kier alpha value is -2.65. The maximum Gasteiger partial charge on any atom is 0.326 e. The van der Waals surface area contributed by atoms with Crippen molar-refractivity contribution in [3.05, 3.63) is 52.3 Å². The second kappa shape index (κ2) is 8.38. The van der Waals surface area contributed by atoms with Gasteiger partial charge in [-0.3, -0.25) is 4.79 Å². The molecule has 0 aliphatic rings. The van der Waals surface area contributed by atoms with E-state index in [0.717, 1.165) is 21.3 Å². The molecule has 1 heterocycles. The molecule has 0 atom stereocenters. The quantitative estimate of drug-likeness (QED) is 0.556. The number of ether oxygens (including phenoxy) is 2. The van der Waals surface area contributed by atoms with Crippen LogP contribution in [0.15, 0.2) is 45.7 Å². The van der Waals surface area contributed by atoms with Crippen LogP contribution in [0.4, 0.5) is 0 Å². The highest BCUT2D eigenvalue weighted by Crippen LogP contribution is 2.23. The first-order valence-corrected chi connectivity index (χ1v) is 11.2. The second-order valence-corrected chi connectivity index (χ2v) is 9.04. The lowest BCUT2D eigenvalue weighted by molar-refractivity contribution is -0.143. The molecule has 154 valence electrons. The molecule has 29 heavy (non-hydrogen) atoms. The van der Waals surface area contributed by atoms with Crippen molar-refractivity contribution in [3.8, 4) is 5.75 Å². The van der Waals surface area contributed by atoms with Crippen LogP contribution >= 0.6 is 11.3 Å². The van der Waals surface area contributed by atoms with Crippen LogP contribution in [-0.2, 0) is 26.1 Å². The molecule has 0 saturated carbocycles. The number of esters is 1. The van der Waals surface area contributed by atoms with Crippen molar-refractivity contribution >= 4 is 37.5 Å². The molecular weight excluding hydrogens is 412 g/mol. The number of carbonyl (C=O) groups is 1. The number of aromatic nitrogens is 1. The van der Waals surface area contributed by atoms with Gasteiger partial charge in [0.25, 0.3) is 10.0 Å². The molecule has 0 spiro atoms. The number of hydrogen-bond donors (Lipinski definition) is 0. The molecule has 0 amide bonds. The fraction of sp³-hybridized carbons (Fsp3) is 0.300. The van der Waals surface area contributed by atoms with Gasteiger partial charge in [0.2, 0.25) is 4.80 Å². The Kier molecular flexibility index (Phi) is 6.09. The van der Waals surface area contributed by atoms with E-state index in [1.54, 1.807) is 23.6 Å². The van der Waals surface area contributed by atoms with E-state index in [1.807, 2.05) is 26.0 Å². The van der Waals surface area contributed by atoms with Gasteiger partial charge in [-0.2, -0.15) is 8.42 Å². The monoisotopic (exact) mass is 434 g/mol. The molecule has 0 N–H and O–H groups in total. The van der Waals surface area contributed by atoms with E-state index in [2.05, 4.69) is 4.40 Å². The highest BCUT2D eigenvalue weighted by Gasteiger charge is 2.17. The minimum atomic E-state index is -3.97. The van der Waals surface area contributed by atoms with Gasteiger partial charge >= 0.3 is 5.97 Å². The Balaban J connectivity index is 2.19. The zero-order chi connectivity index (χ0) is 21.2. The first-order chi connectivity index (χ1) is 13.7. The van der Waals surface area contributed by atoms with Crippen molar-refractivity contribution in [1.29, 1.82) is 0 Å². The molecule has 0 radical (unpaired) electrons. The molecule has 2 aromatic carbocycles. The van der Waals surface area contributed by atoms with Crippen LogP contribution in [0.25, 0.3) is 10.2 Å². The lowest BCUT2D eigenvalue weighted by Crippen LogP contribution is -2.23. The Morgan fingerprint density at radius 1 is 1.14 bits per heavy atom. The topological polar surface area (TPSA) is 87.0 Å². The fourth-order valence-electron chi connectivity index (χ4n) is 2.78. The molecule has 1 aromatic heterocycles. The molecule has 0 fully saturated rings. The van der Waals surface area contributed by atoms with Gasteiger partial charge in [-0.05, 0) is 68.3 Å². The number of thiazole rings is 1. The predicted molar refractivity (Wildman–Crippen MR) is 112 cm³/mol. The van der Waals surface area contributed by atoms with E-state index >= 15 is 0 Å². The van der Waals surface area contributed by atoms with E-state index in [4.69, 9.17) is 9.47 Å². The van der Waals surface area contributed by atoms with Crippen molar-refractivity contribution in [2.75, 3.05) is 13.7 Å². The molecule has 0 saturated heterocycles. The maximum absolute atomic E-state index is 12.8. The summed E-state index contributed by atoms with van der Waals surface area (Å²) in [6.07, 6.45) is 0. The summed E-state index contributed by atoms with van der Waals surface area (Å²) in [5.41, 5.74) is 2.86. The molecular formula is C20H22N2O5S2. The highest BCUT2D eigenvalue weighted by molar-refractivity contribution is 7.90. The third-order valence-corrected chi connectivity index (χ3v) is 6.88. The van der Waals surface area contributed by atoms with E-state index in [1.165, 1.54) is 30.6 Å². The van der Waals surface area contributed by atoms with Gasteiger partial charge in [-0.15, -0.1) is 4.40 Å². The Bertz CT molecular complexity index is 1220. The maximum atomic E-state index is 12.8. The summed E-state index contributed by atoms with van der Waals surface area (Å²) in [7, 11) is -2.46. The van der Waals surface area contributed by atoms with Crippen molar-refractivity contribution in [1.82, 2.24) is 4.57 Å². The smallest absolute Gasteiger partial charge is 0.326 e. The van der Waals surface area contributed by atoms with Crippen LogP contribution in [0.5, 0.6) is 5.75 Å². The van der Waals surface area contributed by atoms with Crippen molar-refractivity contribution < 1.29 is 22.7 Å². The standard InChI is InChI=1S/C20H22N2O5S2/c1-5-27-19(23)12-22-17-10-13(2)14(3)11-18(17)28-20(22)21-29(24,25)16-8-6-15(26-4)7-9-16/h6-11H,5,12H2,1-4H3. The van der Waals surface area contributed by atoms with Crippen molar-refractivity contribution in [2.45, 2.75) is 32.2 Å². The molecule has 0 bridgehead atoms. The Morgan fingerprint density at radius 2 is 1.79 bits per heavy atom. The number of nitrogens with zero attached hydrogens (tertiary/aromatic N) is 2. The van der Waals surface area contributed by atoms with Crippen molar-refractivity contribution in [3.63, 3.8) is 0 Å². The SMILES string of the molecule is CCOC(=O)Cn1c(=NS(=O)(=O)c2ccc(OC)cc2)sc2cc(C)c(C)cc21. The van der Waals surface area contributed by atoms with Gasteiger partial charge in [0.05, 0.1) is 28.8 Å².